The van der Waals surface area contributed by atoms with Gasteiger partial charge in [0.1, 0.15) is 0 Å². The standard InChI is InChI=1S/C20H29N3O4S/c1-3-14(2)21-20(25)15-9-11-23(12-10-15)28(26,27)17-7-8-18-16(13-17)5-4-6-19(24)22-18/h7-8,13-15H,3-6,9-12H2,1-2H3,(H,21,25)(H,22,24). The molecule has 8 heteroatoms. The molecule has 1 fully saturated rings. The first-order chi connectivity index (χ1) is 13.3. The minimum Gasteiger partial charge on any atom is -0.353 e. The summed E-state index contributed by atoms with van der Waals surface area (Å²) in [6.45, 7) is 4.67. The molecule has 1 unspecified atom stereocenters. The van der Waals surface area contributed by atoms with Crippen molar-refractivity contribution in [2.45, 2.75) is 63.3 Å². The van der Waals surface area contributed by atoms with Gasteiger partial charge in [0.05, 0.1) is 4.90 Å². The summed E-state index contributed by atoms with van der Waals surface area (Å²) in [5.74, 6) is -0.151. The minimum atomic E-state index is -3.61. The summed E-state index contributed by atoms with van der Waals surface area (Å²) >= 11 is 0. The number of anilines is 1. The average Bonchev–Trinajstić information content (AvgIpc) is 2.87. The van der Waals surface area contributed by atoms with Crippen LogP contribution in [-0.4, -0.2) is 43.7 Å². The number of nitrogens with one attached hydrogen (secondary N) is 2. The molecule has 0 spiro atoms. The zero-order valence-corrected chi connectivity index (χ0v) is 17.3. The van der Waals surface area contributed by atoms with Crippen molar-refractivity contribution in [3.63, 3.8) is 0 Å². The summed E-state index contributed by atoms with van der Waals surface area (Å²) in [5.41, 5.74) is 1.55. The SMILES string of the molecule is CCC(C)NC(=O)C1CCN(S(=O)(=O)c2ccc3c(c2)CCCC(=O)N3)CC1. The van der Waals surface area contributed by atoms with E-state index in [9.17, 15) is 18.0 Å². The summed E-state index contributed by atoms with van der Waals surface area (Å²) in [4.78, 5) is 24.2. The zero-order valence-electron chi connectivity index (χ0n) is 16.5. The van der Waals surface area contributed by atoms with E-state index < -0.39 is 10.0 Å². The van der Waals surface area contributed by atoms with Gasteiger partial charge in [-0.25, -0.2) is 8.42 Å². The third-order valence-electron chi connectivity index (χ3n) is 5.66. The van der Waals surface area contributed by atoms with E-state index in [2.05, 4.69) is 10.6 Å². The Kier molecular flexibility index (Phi) is 6.40. The lowest BCUT2D eigenvalue weighted by atomic mass is 9.97. The van der Waals surface area contributed by atoms with E-state index in [0.29, 0.717) is 50.9 Å². The zero-order chi connectivity index (χ0) is 20.3. The normalized spacial score (nSPS) is 20.0. The highest BCUT2D eigenvalue weighted by molar-refractivity contribution is 7.89. The Balaban J connectivity index is 1.68. The second-order valence-corrected chi connectivity index (χ2v) is 9.65. The molecule has 2 amide bonds. The van der Waals surface area contributed by atoms with Gasteiger partial charge in [0.15, 0.2) is 0 Å². The fourth-order valence-electron chi connectivity index (χ4n) is 3.68. The molecule has 2 N–H and O–H groups in total. The highest BCUT2D eigenvalue weighted by atomic mass is 32.2. The molecule has 3 rings (SSSR count). The number of fused-ring (bicyclic) bond motifs is 1. The predicted molar refractivity (Wildman–Crippen MR) is 107 cm³/mol. The summed E-state index contributed by atoms with van der Waals surface area (Å²) in [7, 11) is -3.61. The van der Waals surface area contributed by atoms with E-state index >= 15 is 0 Å². The van der Waals surface area contributed by atoms with Gasteiger partial charge in [-0.1, -0.05) is 6.92 Å². The van der Waals surface area contributed by atoms with Gasteiger partial charge >= 0.3 is 0 Å². The molecule has 0 aromatic heterocycles. The number of hydrogen-bond donors (Lipinski definition) is 2. The Hall–Kier alpha value is -1.93. The molecule has 1 atom stereocenters. The molecular weight excluding hydrogens is 378 g/mol. The van der Waals surface area contributed by atoms with E-state index in [1.54, 1.807) is 18.2 Å². The second kappa shape index (κ2) is 8.61. The molecule has 1 aromatic carbocycles. The molecule has 1 aromatic rings. The molecule has 28 heavy (non-hydrogen) atoms. The van der Waals surface area contributed by atoms with Gasteiger partial charge in [-0.05, 0) is 62.8 Å². The van der Waals surface area contributed by atoms with Crippen molar-refractivity contribution in [3.05, 3.63) is 23.8 Å². The number of piperidine rings is 1. The maximum Gasteiger partial charge on any atom is 0.243 e. The van der Waals surface area contributed by atoms with Gasteiger partial charge in [-0.3, -0.25) is 9.59 Å². The Bertz CT molecular complexity index is 845. The first-order valence-electron chi connectivity index (χ1n) is 10.0. The van der Waals surface area contributed by atoms with E-state index in [0.717, 1.165) is 12.0 Å². The third kappa shape index (κ3) is 4.55. The van der Waals surface area contributed by atoms with Gasteiger partial charge in [0.25, 0.3) is 0 Å². The maximum atomic E-state index is 13.1. The van der Waals surface area contributed by atoms with Gasteiger partial charge in [0, 0.05) is 37.2 Å². The number of amides is 2. The van der Waals surface area contributed by atoms with E-state index in [1.807, 2.05) is 13.8 Å². The highest BCUT2D eigenvalue weighted by Crippen LogP contribution is 2.29. The van der Waals surface area contributed by atoms with Crippen molar-refractivity contribution in [2.24, 2.45) is 5.92 Å². The van der Waals surface area contributed by atoms with E-state index in [-0.39, 0.29) is 28.7 Å². The van der Waals surface area contributed by atoms with Crippen LogP contribution in [0.15, 0.2) is 23.1 Å². The Morgan fingerprint density at radius 3 is 2.68 bits per heavy atom. The Labute approximate surface area is 166 Å². The van der Waals surface area contributed by atoms with E-state index in [4.69, 9.17) is 0 Å². The molecule has 2 aliphatic heterocycles. The van der Waals surface area contributed by atoms with Gasteiger partial charge in [0.2, 0.25) is 21.8 Å². The first kappa shape index (κ1) is 20.8. The molecule has 0 aliphatic carbocycles. The second-order valence-electron chi connectivity index (χ2n) is 7.72. The lowest BCUT2D eigenvalue weighted by Gasteiger charge is -2.31. The fraction of sp³-hybridized carbons (Fsp3) is 0.600. The average molecular weight is 408 g/mol. The van der Waals surface area contributed by atoms with Crippen molar-refractivity contribution in [1.82, 2.24) is 9.62 Å². The quantitative estimate of drug-likeness (QED) is 0.783. The van der Waals surface area contributed by atoms with Crippen LogP contribution < -0.4 is 10.6 Å². The van der Waals surface area contributed by atoms with Crippen molar-refractivity contribution >= 4 is 27.5 Å². The number of benzene rings is 1. The van der Waals surface area contributed by atoms with Crippen LogP contribution in [0.3, 0.4) is 0 Å². The van der Waals surface area contributed by atoms with Crippen LogP contribution in [0.4, 0.5) is 5.69 Å². The monoisotopic (exact) mass is 407 g/mol. The largest absolute Gasteiger partial charge is 0.353 e. The number of rotatable bonds is 5. The minimum absolute atomic E-state index is 0.0205. The molecule has 154 valence electrons. The van der Waals surface area contributed by atoms with Gasteiger partial charge in [-0.15, -0.1) is 0 Å². The molecule has 2 aliphatic rings. The first-order valence-corrected chi connectivity index (χ1v) is 11.5. The van der Waals surface area contributed by atoms with Gasteiger partial charge < -0.3 is 10.6 Å². The molecular formula is C20H29N3O4S. The number of nitrogens with zero attached hydrogens (tertiary/aromatic N) is 1. The van der Waals surface area contributed by atoms with Crippen LogP contribution >= 0.6 is 0 Å². The number of carbonyl (C=O) groups is 2. The number of hydrogen-bond acceptors (Lipinski definition) is 4. The molecule has 1 saturated heterocycles. The number of aryl methyl sites for hydroxylation is 1. The van der Waals surface area contributed by atoms with Crippen LogP contribution in [0.1, 0.15) is 51.5 Å². The fourth-order valence-corrected chi connectivity index (χ4v) is 5.20. The van der Waals surface area contributed by atoms with Crippen LogP contribution in [0, 0.1) is 5.92 Å². The van der Waals surface area contributed by atoms with Crippen LogP contribution in [0.5, 0.6) is 0 Å². The molecule has 0 saturated carbocycles. The van der Waals surface area contributed by atoms with Crippen LogP contribution in [0.25, 0.3) is 0 Å². The maximum absolute atomic E-state index is 13.1. The van der Waals surface area contributed by atoms with Crippen molar-refractivity contribution < 1.29 is 18.0 Å². The lowest BCUT2D eigenvalue weighted by molar-refractivity contribution is -0.126. The Morgan fingerprint density at radius 2 is 2.00 bits per heavy atom. The summed E-state index contributed by atoms with van der Waals surface area (Å²) < 4.78 is 27.6. The molecule has 2 heterocycles. The lowest BCUT2D eigenvalue weighted by Crippen LogP contribution is -2.44. The summed E-state index contributed by atoms with van der Waals surface area (Å²) in [6.07, 6.45) is 3.76. The van der Waals surface area contributed by atoms with Crippen LogP contribution in [-0.2, 0) is 26.0 Å². The topological polar surface area (TPSA) is 95.6 Å². The number of carbonyl (C=O) groups excluding carboxylic acids is 2. The van der Waals surface area contributed by atoms with E-state index in [1.165, 1.54) is 4.31 Å². The van der Waals surface area contributed by atoms with Crippen molar-refractivity contribution in [3.8, 4) is 0 Å². The van der Waals surface area contributed by atoms with Crippen molar-refractivity contribution in [1.29, 1.82) is 0 Å². The third-order valence-corrected chi connectivity index (χ3v) is 7.56. The highest BCUT2D eigenvalue weighted by Gasteiger charge is 2.32. The molecule has 0 bridgehead atoms. The van der Waals surface area contributed by atoms with Crippen LogP contribution in [0.2, 0.25) is 0 Å². The van der Waals surface area contributed by atoms with Crippen molar-refractivity contribution in [2.75, 3.05) is 18.4 Å². The number of sulfonamides is 1. The molecule has 7 nitrogen and oxygen atoms in total. The van der Waals surface area contributed by atoms with Gasteiger partial charge in [-0.2, -0.15) is 4.31 Å². The smallest absolute Gasteiger partial charge is 0.243 e. The molecule has 0 radical (unpaired) electrons. The summed E-state index contributed by atoms with van der Waals surface area (Å²) in [5, 5.41) is 5.81. The Morgan fingerprint density at radius 1 is 1.29 bits per heavy atom. The summed E-state index contributed by atoms with van der Waals surface area (Å²) in [6, 6.07) is 5.05. The predicted octanol–water partition coefficient (Wildman–Crippen LogP) is 2.28.